The number of amides is 1. The second-order valence-electron chi connectivity index (χ2n) is 4.53. The van der Waals surface area contributed by atoms with Gasteiger partial charge in [0.15, 0.2) is 0 Å². The summed E-state index contributed by atoms with van der Waals surface area (Å²) in [5, 5.41) is 29.5. The van der Waals surface area contributed by atoms with E-state index in [9.17, 15) is 20.0 Å². The molecule has 19 heavy (non-hydrogen) atoms. The molecular formula is C12H14N2O5. The van der Waals surface area contributed by atoms with Crippen molar-refractivity contribution >= 4 is 6.09 Å². The molecule has 1 aromatic carbocycles. The number of aliphatic hydroxyl groups excluding tert-OH is 1. The summed E-state index contributed by atoms with van der Waals surface area (Å²) in [5.41, 5.74) is 1.79. The maximum absolute atomic E-state index is 11.2. The normalized spacial score (nSPS) is 19.6. The number of carbonyl (C=O) groups is 1. The molecule has 0 aromatic heterocycles. The lowest BCUT2D eigenvalue weighted by Gasteiger charge is -2.36. The van der Waals surface area contributed by atoms with Gasteiger partial charge in [0.2, 0.25) is 6.54 Å². The van der Waals surface area contributed by atoms with Crippen molar-refractivity contribution < 1.29 is 19.9 Å². The summed E-state index contributed by atoms with van der Waals surface area (Å²) in [5.74, 6) is 0. The van der Waals surface area contributed by atoms with Crippen molar-refractivity contribution in [2.75, 3.05) is 6.54 Å². The van der Waals surface area contributed by atoms with Crippen LogP contribution in [0.4, 0.5) is 4.79 Å². The lowest BCUT2D eigenvalue weighted by molar-refractivity contribution is -0.491. The average molecular weight is 266 g/mol. The third-order valence-electron chi connectivity index (χ3n) is 3.31. The van der Waals surface area contributed by atoms with Crippen LogP contribution in [0.1, 0.15) is 11.1 Å². The van der Waals surface area contributed by atoms with Gasteiger partial charge in [0.25, 0.3) is 0 Å². The van der Waals surface area contributed by atoms with E-state index in [1.54, 1.807) is 0 Å². The molecule has 0 spiro atoms. The molecule has 0 saturated heterocycles. The SMILES string of the molecule is O=C(O)N1Cc2ccccc2CC1[C@H](O)C[N+](=O)[O-]. The number of aliphatic hydroxyl groups is 1. The molecule has 0 saturated carbocycles. The number of benzene rings is 1. The molecule has 0 aliphatic carbocycles. The average Bonchev–Trinajstić information content (AvgIpc) is 2.36. The first-order chi connectivity index (χ1) is 8.99. The highest BCUT2D eigenvalue weighted by molar-refractivity contribution is 5.66. The molecule has 1 heterocycles. The molecule has 2 N–H and O–H groups in total. The minimum Gasteiger partial charge on any atom is -0.465 e. The van der Waals surface area contributed by atoms with E-state index in [-0.39, 0.29) is 13.0 Å². The Hall–Kier alpha value is -2.15. The smallest absolute Gasteiger partial charge is 0.407 e. The number of hydrogen-bond donors (Lipinski definition) is 2. The molecule has 2 rings (SSSR count). The maximum atomic E-state index is 11.2. The number of fused-ring (bicyclic) bond motifs is 1. The molecule has 0 radical (unpaired) electrons. The first kappa shape index (κ1) is 13.3. The highest BCUT2D eigenvalue weighted by Gasteiger charge is 2.36. The van der Waals surface area contributed by atoms with Gasteiger partial charge in [-0.3, -0.25) is 15.0 Å². The van der Waals surface area contributed by atoms with Crippen LogP contribution in [0.2, 0.25) is 0 Å². The number of nitrogens with zero attached hydrogens (tertiary/aromatic N) is 2. The monoisotopic (exact) mass is 266 g/mol. The van der Waals surface area contributed by atoms with Crippen LogP contribution >= 0.6 is 0 Å². The lowest BCUT2D eigenvalue weighted by Crippen LogP contribution is -2.51. The summed E-state index contributed by atoms with van der Waals surface area (Å²) in [6.45, 7) is -0.512. The van der Waals surface area contributed by atoms with Crippen molar-refractivity contribution in [2.24, 2.45) is 0 Å². The summed E-state index contributed by atoms with van der Waals surface area (Å²) >= 11 is 0. The van der Waals surface area contributed by atoms with Crippen LogP contribution in [0.3, 0.4) is 0 Å². The Bertz CT molecular complexity index is 505. The topological polar surface area (TPSA) is 104 Å². The standard InChI is InChI=1S/C12H14N2O5/c15-11(7-14(18)19)10-5-8-3-1-2-4-9(8)6-13(10)12(16)17/h1-4,10-11,15H,5-7H2,(H,16,17)/t10?,11-/m1/s1. The highest BCUT2D eigenvalue weighted by Crippen LogP contribution is 2.25. The molecule has 1 aliphatic heterocycles. The Balaban J connectivity index is 2.26. The van der Waals surface area contributed by atoms with Crippen LogP contribution in [-0.2, 0) is 13.0 Å². The van der Waals surface area contributed by atoms with Gasteiger partial charge in [-0.25, -0.2) is 4.79 Å². The highest BCUT2D eigenvalue weighted by atomic mass is 16.6. The van der Waals surface area contributed by atoms with E-state index in [0.29, 0.717) is 0 Å². The number of rotatable bonds is 3. The summed E-state index contributed by atoms with van der Waals surface area (Å²) in [6.07, 6.45) is -2.20. The zero-order valence-corrected chi connectivity index (χ0v) is 10.1. The van der Waals surface area contributed by atoms with Crippen molar-refractivity contribution in [3.63, 3.8) is 0 Å². The quantitative estimate of drug-likeness (QED) is 0.620. The molecule has 2 atom stereocenters. The molecule has 0 fully saturated rings. The number of hydrogen-bond acceptors (Lipinski definition) is 4. The Morgan fingerprint density at radius 2 is 2.11 bits per heavy atom. The van der Waals surface area contributed by atoms with Gasteiger partial charge >= 0.3 is 6.09 Å². The molecule has 102 valence electrons. The second kappa shape index (κ2) is 5.23. The van der Waals surface area contributed by atoms with Crippen LogP contribution in [-0.4, -0.2) is 44.8 Å². The molecule has 1 aliphatic rings. The Morgan fingerprint density at radius 3 is 2.68 bits per heavy atom. The fraction of sp³-hybridized carbons (Fsp3) is 0.417. The van der Waals surface area contributed by atoms with Gasteiger partial charge in [0, 0.05) is 11.5 Å². The van der Waals surface area contributed by atoms with E-state index in [1.165, 1.54) is 0 Å². The van der Waals surface area contributed by atoms with Gasteiger partial charge in [0.1, 0.15) is 6.10 Å². The first-order valence-electron chi connectivity index (χ1n) is 5.85. The molecule has 7 nitrogen and oxygen atoms in total. The van der Waals surface area contributed by atoms with Crippen LogP contribution in [0, 0.1) is 10.1 Å². The first-order valence-corrected chi connectivity index (χ1v) is 5.85. The van der Waals surface area contributed by atoms with Gasteiger partial charge in [-0.2, -0.15) is 0 Å². The van der Waals surface area contributed by atoms with E-state index < -0.39 is 29.7 Å². The minimum atomic E-state index is -1.31. The van der Waals surface area contributed by atoms with Crippen LogP contribution in [0.25, 0.3) is 0 Å². The summed E-state index contributed by atoms with van der Waals surface area (Å²) in [6, 6.07) is 6.53. The van der Waals surface area contributed by atoms with Gasteiger partial charge < -0.3 is 10.2 Å². The van der Waals surface area contributed by atoms with Crippen LogP contribution in [0.15, 0.2) is 24.3 Å². The second-order valence-corrected chi connectivity index (χ2v) is 4.53. The van der Waals surface area contributed by atoms with Gasteiger partial charge in [-0.15, -0.1) is 0 Å². The zero-order chi connectivity index (χ0) is 14.0. The van der Waals surface area contributed by atoms with Crippen molar-refractivity contribution in [3.8, 4) is 0 Å². The predicted molar refractivity (Wildman–Crippen MR) is 65.4 cm³/mol. The van der Waals surface area contributed by atoms with Crippen LogP contribution in [0.5, 0.6) is 0 Å². The summed E-state index contributed by atoms with van der Waals surface area (Å²) < 4.78 is 0. The van der Waals surface area contributed by atoms with Gasteiger partial charge in [-0.1, -0.05) is 24.3 Å². The van der Waals surface area contributed by atoms with Gasteiger partial charge in [0.05, 0.1) is 6.04 Å². The van der Waals surface area contributed by atoms with E-state index >= 15 is 0 Å². The fourth-order valence-electron chi connectivity index (χ4n) is 2.37. The number of carboxylic acid groups (broad SMARTS) is 1. The van der Waals surface area contributed by atoms with E-state index in [2.05, 4.69) is 0 Å². The minimum absolute atomic E-state index is 0.144. The van der Waals surface area contributed by atoms with Crippen molar-refractivity contribution in [3.05, 3.63) is 45.5 Å². The predicted octanol–water partition coefficient (Wildman–Crippen LogP) is 0.729. The maximum Gasteiger partial charge on any atom is 0.407 e. The third-order valence-corrected chi connectivity index (χ3v) is 3.31. The van der Waals surface area contributed by atoms with Crippen molar-refractivity contribution in [2.45, 2.75) is 25.1 Å². The fourth-order valence-corrected chi connectivity index (χ4v) is 2.37. The largest absolute Gasteiger partial charge is 0.465 e. The molecule has 1 amide bonds. The van der Waals surface area contributed by atoms with E-state index in [4.69, 9.17) is 5.11 Å². The van der Waals surface area contributed by atoms with Crippen molar-refractivity contribution in [1.82, 2.24) is 4.90 Å². The Morgan fingerprint density at radius 1 is 1.47 bits per heavy atom. The summed E-state index contributed by atoms with van der Waals surface area (Å²) in [7, 11) is 0. The Labute approximate surface area is 109 Å². The van der Waals surface area contributed by atoms with Gasteiger partial charge in [-0.05, 0) is 17.5 Å². The third kappa shape index (κ3) is 2.82. The Kier molecular flexibility index (Phi) is 3.66. The lowest BCUT2D eigenvalue weighted by atomic mass is 9.91. The molecule has 7 heteroatoms. The molecule has 0 bridgehead atoms. The molecule has 1 aromatic rings. The number of nitro groups is 1. The van der Waals surface area contributed by atoms with E-state index in [1.807, 2.05) is 24.3 Å². The zero-order valence-electron chi connectivity index (χ0n) is 10.1. The summed E-state index contributed by atoms with van der Waals surface area (Å²) in [4.78, 5) is 22.1. The van der Waals surface area contributed by atoms with E-state index in [0.717, 1.165) is 16.0 Å². The molecular weight excluding hydrogens is 252 g/mol. The van der Waals surface area contributed by atoms with Crippen LogP contribution < -0.4 is 0 Å². The van der Waals surface area contributed by atoms with Crippen molar-refractivity contribution in [1.29, 1.82) is 0 Å². The molecule has 1 unspecified atom stereocenters.